The molecule has 0 aromatic heterocycles. The van der Waals surface area contributed by atoms with Crippen molar-refractivity contribution in [2.24, 2.45) is 5.41 Å². The molecule has 0 aliphatic heterocycles. The van der Waals surface area contributed by atoms with Gasteiger partial charge in [0, 0.05) is 12.5 Å². The standard InChI is InChI=1S/C8H14O3/c1-7(4-5-7)8(2,11-3)6(9)10/h4-5H2,1-3H3,(H,9,10). The molecule has 0 amide bonds. The summed E-state index contributed by atoms with van der Waals surface area (Å²) in [5, 5.41) is 8.88. The van der Waals surface area contributed by atoms with Crippen molar-refractivity contribution >= 4 is 5.97 Å². The van der Waals surface area contributed by atoms with Crippen molar-refractivity contribution in [2.45, 2.75) is 32.3 Å². The van der Waals surface area contributed by atoms with Gasteiger partial charge in [-0.2, -0.15) is 0 Å². The zero-order valence-corrected chi connectivity index (χ0v) is 7.18. The van der Waals surface area contributed by atoms with Gasteiger partial charge in [0.1, 0.15) is 0 Å². The van der Waals surface area contributed by atoms with E-state index in [1.54, 1.807) is 6.92 Å². The molecule has 1 fully saturated rings. The highest BCUT2D eigenvalue weighted by atomic mass is 16.5. The lowest BCUT2D eigenvalue weighted by Gasteiger charge is -2.29. The number of hydrogen-bond donors (Lipinski definition) is 1. The van der Waals surface area contributed by atoms with E-state index in [1.807, 2.05) is 6.92 Å². The Bertz CT molecular complexity index is 184. The first-order valence-electron chi connectivity index (χ1n) is 3.75. The average Bonchev–Trinajstić information content (AvgIpc) is 2.67. The third kappa shape index (κ3) is 1.03. The highest BCUT2D eigenvalue weighted by Gasteiger charge is 2.58. The Labute approximate surface area is 66.4 Å². The Morgan fingerprint density at radius 2 is 2.09 bits per heavy atom. The largest absolute Gasteiger partial charge is 0.479 e. The van der Waals surface area contributed by atoms with Crippen molar-refractivity contribution in [2.75, 3.05) is 7.11 Å². The fraction of sp³-hybridized carbons (Fsp3) is 0.875. The highest BCUT2D eigenvalue weighted by Crippen LogP contribution is 2.55. The van der Waals surface area contributed by atoms with Crippen molar-refractivity contribution in [3.63, 3.8) is 0 Å². The molecular weight excluding hydrogens is 144 g/mol. The Hall–Kier alpha value is -0.570. The number of hydrogen-bond acceptors (Lipinski definition) is 2. The van der Waals surface area contributed by atoms with Crippen molar-refractivity contribution < 1.29 is 14.6 Å². The second-order valence-corrected chi connectivity index (χ2v) is 3.60. The molecular formula is C8H14O3. The zero-order valence-electron chi connectivity index (χ0n) is 7.18. The second kappa shape index (κ2) is 2.21. The Kier molecular flexibility index (Phi) is 1.71. The number of carboxylic acids is 1. The molecule has 11 heavy (non-hydrogen) atoms. The maximum absolute atomic E-state index is 10.8. The monoisotopic (exact) mass is 158 g/mol. The van der Waals surface area contributed by atoms with Crippen LogP contribution < -0.4 is 0 Å². The molecule has 1 aliphatic carbocycles. The average molecular weight is 158 g/mol. The maximum Gasteiger partial charge on any atom is 0.336 e. The lowest BCUT2D eigenvalue weighted by Crippen LogP contribution is -2.45. The molecule has 1 rings (SSSR count). The number of rotatable bonds is 3. The smallest absolute Gasteiger partial charge is 0.336 e. The number of carboxylic acid groups (broad SMARTS) is 1. The van der Waals surface area contributed by atoms with E-state index in [0.717, 1.165) is 12.8 Å². The van der Waals surface area contributed by atoms with Crippen LogP contribution in [0.3, 0.4) is 0 Å². The Balaban J connectivity index is 2.83. The van der Waals surface area contributed by atoms with Gasteiger partial charge in [0.05, 0.1) is 0 Å². The summed E-state index contributed by atoms with van der Waals surface area (Å²) in [5.41, 5.74) is -1.14. The molecule has 0 aromatic carbocycles. The van der Waals surface area contributed by atoms with E-state index in [9.17, 15) is 4.79 Å². The van der Waals surface area contributed by atoms with Crippen LogP contribution in [0.15, 0.2) is 0 Å². The molecule has 1 saturated carbocycles. The molecule has 1 atom stereocenters. The van der Waals surface area contributed by atoms with Crippen LogP contribution in [0.1, 0.15) is 26.7 Å². The summed E-state index contributed by atoms with van der Waals surface area (Å²) in [7, 11) is 1.46. The minimum Gasteiger partial charge on any atom is -0.479 e. The molecule has 64 valence electrons. The van der Waals surface area contributed by atoms with E-state index in [2.05, 4.69) is 0 Å². The molecule has 3 nitrogen and oxygen atoms in total. The van der Waals surface area contributed by atoms with Gasteiger partial charge < -0.3 is 9.84 Å². The zero-order chi connectivity index (χ0) is 8.70. The molecule has 0 spiro atoms. The summed E-state index contributed by atoms with van der Waals surface area (Å²) in [6.45, 7) is 3.59. The van der Waals surface area contributed by atoms with Gasteiger partial charge in [-0.1, -0.05) is 6.92 Å². The minimum atomic E-state index is -0.993. The Morgan fingerprint density at radius 1 is 1.64 bits per heavy atom. The molecule has 0 saturated heterocycles. The number of carbonyl (C=O) groups is 1. The molecule has 0 aromatic rings. The van der Waals surface area contributed by atoms with Crippen LogP contribution in [0, 0.1) is 5.41 Å². The van der Waals surface area contributed by atoms with E-state index >= 15 is 0 Å². The van der Waals surface area contributed by atoms with Crippen molar-refractivity contribution in [1.29, 1.82) is 0 Å². The summed E-state index contributed by atoms with van der Waals surface area (Å²) >= 11 is 0. The summed E-state index contributed by atoms with van der Waals surface area (Å²) in [4.78, 5) is 10.8. The topological polar surface area (TPSA) is 46.5 Å². The van der Waals surface area contributed by atoms with E-state index < -0.39 is 11.6 Å². The van der Waals surface area contributed by atoms with Crippen molar-refractivity contribution in [3.8, 4) is 0 Å². The summed E-state index contributed by atoms with van der Waals surface area (Å²) in [5.74, 6) is -0.861. The molecule has 1 unspecified atom stereocenters. The van der Waals surface area contributed by atoms with E-state index in [4.69, 9.17) is 9.84 Å². The fourth-order valence-electron chi connectivity index (χ4n) is 1.26. The predicted molar refractivity (Wildman–Crippen MR) is 40.4 cm³/mol. The van der Waals surface area contributed by atoms with Gasteiger partial charge >= 0.3 is 5.97 Å². The van der Waals surface area contributed by atoms with E-state index in [-0.39, 0.29) is 5.41 Å². The first-order chi connectivity index (χ1) is 4.96. The maximum atomic E-state index is 10.8. The quantitative estimate of drug-likeness (QED) is 0.673. The van der Waals surface area contributed by atoms with E-state index in [0.29, 0.717) is 0 Å². The van der Waals surface area contributed by atoms with Crippen LogP contribution >= 0.6 is 0 Å². The lowest BCUT2D eigenvalue weighted by molar-refractivity contribution is -0.168. The van der Waals surface area contributed by atoms with Crippen LogP contribution in [0.4, 0.5) is 0 Å². The SMILES string of the molecule is COC(C)(C(=O)O)C1(C)CC1. The van der Waals surface area contributed by atoms with Crippen LogP contribution in [0.2, 0.25) is 0 Å². The van der Waals surface area contributed by atoms with E-state index in [1.165, 1.54) is 7.11 Å². The number of ether oxygens (including phenoxy) is 1. The number of aliphatic carboxylic acids is 1. The van der Waals surface area contributed by atoms with Crippen molar-refractivity contribution in [3.05, 3.63) is 0 Å². The second-order valence-electron chi connectivity index (χ2n) is 3.60. The molecule has 0 bridgehead atoms. The van der Waals surface area contributed by atoms with Crippen LogP contribution in [-0.4, -0.2) is 23.8 Å². The Morgan fingerprint density at radius 3 is 2.18 bits per heavy atom. The van der Waals surface area contributed by atoms with Crippen molar-refractivity contribution in [1.82, 2.24) is 0 Å². The summed E-state index contributed by atoms with van der Waals surface area (Å²) in [6.07, 6.45) is 1.90. The fourth-order valence-corrected chi connectivity index (χ4v) is 1.26. The third-order valence-corrected chi connectivity index (χ3v) is 2.97. The van der Waals surface area contributed by atoms with Crippen LogP contribution in [0.25, 0.3) is 0 Å². The van der Waals surface area contributed by atoms with Gasteiger partial charge in [-0.15, -0.1) is 0 Å². The number of methoxy groups -OCH3 is 1. The lowest BCUT2D eigenvalue weighted by atomic mass is 9.87. The molecule has 0 heterocycles. The molecule has 3 heteroatoms. The first kappa shape index (κ1) is 8.53. The normalized spacial score (nSPS) is 25.7. The predicted octanol–water partition coefficient (Wildman–Crippen LogP) is 1.28. The summed E-state index contributed by atoms with van der Waals surface area (Å²) in [6, 6.07) is 0. The summed E-state index contributed by atoms with van der Waals surface area (Å²) < 4.78 is 5.03. The molecule has 1 N–H and O–H groups in total. The van der Waals surface area contributed by atoms with Gasteiger partial charge in [-0.05, 0) is 19.8 Å². The van der Waals surface area contributed by atoms with Gasteiger partial charge in [-0.3, -0.25) is 0 Å². The van der Waals surface area contributed by atoms with Crippen LogP contribution in [-0.2, 0) is 9.53 Å². The van der Waals surface area contributed by atoms with Gasteiger partial charge in [-0.25, -0.2) is 4.79 Å². The molecule has 1 aliphatic rings. The third-order valence-electron chi connectivity index (χ3n) is 2.97. The van der Waals surface area contributed by atoms with Gasteiger partial charge in [0.25, 0.3) is 0 Å². The van der Waals surface area contributed by atoms with Gasteiger partial charge in [0.15, 0.2) is 5.60 Å². The minimum absolute atomic E-state index is 0.145. The first-order valence-corrected chi connectivity index (χ1v) is 3.75. The van der Waals surface area contributed by atoms with Gasteiger partial charge in [0.2, 0.25) is 0 Å². The van der Waals surface area contributed by atoms with Crippen LogP contribution in [0.5, 0.6) is 0 Å². The highest BCUT2D eigenvalue weighted by molar-refractivity contribution is 5.78. The molecule has 0 radical (unpaired) electrons.